The second kappa shape index (κ2) is 7.87. The zero-order valence-corrected chi connectivity index (χ0v) is 9.86. The van der Waals surface area contributed by atoms with Gasteiger partial charge in [-0.2, -0.15) is 0 Å². The number of carboxylic acid groups (broad SMARTS) is 2. The van der Waals surface area contributed by atoms with Crippen molar-refractivity contribution in [2.45, 2.75) is 19.3 Å². The van der Waals surface area contributed by atoms with Gasteiger partial charge in [0.25, 0.3) is 0 Å². The molecule has 0 fully saturated rings. The van der Waals surface area contributed by atoms with Gasteiger partial charge in [0.2, 0.25) is 0 Å². The van der Waals surface area contributed by atoms with Crippen LogP contribution < -0.4 is 51.4 Å². The Bertz CT molecular complexity index is 193. The zero-order valence-electron chi connectivity index (χ0n) is 7.74. The van der Waals surface area contributed by atoms with Crippen LogP contribution in [0, 0.1) is 0 Å². The summed E-state index contributed by atoms with van der Waals surface area (Å²) in [5.74, 6) is -2.87. The van der Waals surface area contributed by atoms with Crippen LogP contribution in [0.4, 0.5) is 0 Å². The van der Waals surface area contributed by atoms with Crippen molar-refractivity contribution in [1.29, 1.82) is 0 Å². The normalized spacial score (nSPS) is 8.33. The van der Waals surface area contributed by atoms with Crippen LogP contribution >= 0.6 is 0 Å². The molecule has 0 aromatic heterocycles. The van der Waals surface area contributed by atoms with Gasteiger partial charge in [-0.3, -0.25) is 14.4 Å². The van der Waals surface area contributed by atoms with E-state index in [-0.39, 0.29) is 65.7 Å². The van der Waals surface area contributed by atoms with Crippen LogP contribution in [-0.2, 0) is 14.4 Å². The molecule has 12 heavy (non-hydrogen) atoms. The Kier molecular flexibility index (Phi) is 9.68. The number of carbonyl (C=O) groups is 3. The first kappa shape index (κ1) is 14.8. The van der Waals surface area contributed by atoms with Crippen molar-refractivity contribution < 1.29 is 77.4 Å². The Labute approximate surface area is 113 Å². The summed E-state index contributed by atoms with van der Waals surface area (Å²) in [5.41, 5.74) is 0. The maximum absolute atomic E-state index is 10.5. The third-order valence-corrected chi connectivity index (χ3v) is 0.966. The molecular formula is C6H9KO5. The number of rotatable bonds is 5. The van der Waals surface area contributed by atoms with Gasteiger partial charge >= 0.3 is 63.3 Å². The fourth-order valence-electron chi connectivity index (χ4n) is 0.503. The molecule has 0 aliphatic heterocycles. The fraction of sp³-hybridized carbons (Fsp3) is 0.500. The topological polar surface area (TPSA) is 91.7 Å². The van der Waals surface area contributed by atoms with E-state index in [9.17, 15) is 14.4 Å². The largest absolute Gasteiger partial charge is 1.00 e. The van der Waals surface area contributed by atoms with Crippen molar-refractivity contribution in [1.82, 2.24) is 0 Å². The molecule has 0 aliphatic rings. The number of carbonyl (C=O) groups excluding carboxylic acids is 1. The molecule has 0 saturated heterocycles. The van der Waals surface area contributed by atoms with Crippen molar-refractivity contribution in [3.63, 3.8) is 0 Å². The summed E-state index contributed by atoms with van der Waals surface area (Å²) < 4.78 is 0. The van der Waals surface area contributed by atoms with E-state index in [1.165, 1.54) is 0 Å². The molecule has 0 bridgehead atoms. The molecule has 0 spiro atoms. The Hall–Kier alpha value is 0.246. The predicted octanol–water partition coefficient (Wildman–Crippen LogP) is -2.99. The first-order valence-electron chi connectivity index (χ1n) is 2.97. The minimum atomic E-state index is -1.22. The molecule has 0 aromatic rings. The van der Waals surface area contributed by atoms with Crippen molar-refractivity contribution in [3.8, 4) is 0 Å². The van der Waals surface area contributed by atoms with Gasteiger partial charge in [-0.25, -0.2) is 0 Å². The molecule has 0 unspecified atom stereocenters. The van der Waals surface area contributed by atoms with Crippen LogP contribution in [-0.4, -0.2) is 27.9 Å². The number of hydrogen-bond donors (Lipinski definition) is 2. The first-order chi connectivity index (χ1) is 5.02. The van der Waals surface area contributed by atoms with Crippen molar-refractivity contribution in [2.24, 2.45) is 0 Å². The summed E-state index contributed by atoms with van der Waals surface area (Å²) in [7, 11) is 0. The molecule has 6 heteroatoms. The molecule has 0 heterocycles. The summed E-state index contributed by atoms with van der Waals surface area (Å²) in [4.78, 5) is 30.3. The van der Waals surface area contributed by atoms with E-state index in [0.717, 1.165) is 0 Å². The molecule has 0 atom stereocenters. The van der Waals surface area contributed by atoms with Crippen molar-refractivity contribution >= 4 is 17.7 Å². The zero-order chi connectivity index (χ0) is 8.85. The standard InChI is InChI=1S/C6H8O5.K.H/c7-4(3-6(10)11)1-2-5(8)9;;/h1-3H2,(H,8,9)(H,10,11);;/q;+1;-1. The second-order valence-electron chi connectivity index (χ2n) is 2.00. The van der Waals surface area contributed by atoms with Crippen LogP contribution in [0.1, 0.15) is 20.7 Å². The molecule has 5 nitrogen and oxygen atoms in total. The van der Waals surface area contributed by atoms with Gasteiger partial charge in [-0.15, -0.1) is 0 Å². The summed E-state index contributed by atoms with van der Waals surface area (Å²) >= 11 is 0. The molecule has 0 amide bonds. The van der Waals surface area contributed by atoms with Gasteiger partial charge in [0, 0.05) is 6.42 Å². The monoisotopic (exact) mass is 200 g/mol. The average molecular weight is 200 g/mol. The number of hydrogen-bond acceptors (Lipinski definition) is 3. The molecule has 0 saturated carbocycles. The number of carboxylic acids is 2. The Morgan fingerprint density at radius 1 is 1.00 bits per heavy atom. The third kappa shape index (κ3) is 10.2. The maximum atomic E-state index is 10.5. The quantitative estimate of drug-likeness (QED) is 0.365. The van der Waals surface area contributed by atoms with Gasteiger partial charge in [0.05, 0.1) is 6.42 Å². The third-order valence-electron chi connectivity index (χ3n) is 0.966. The van der Waals surface area contributed by atoms with E-state index in [0.29, 0.717) is 0 Å². The molecule has 0 aromatic carbocycles. The van der Waals surface area contributed by atoms with Crippen LogP contribution in [0.3, 0.4) is 0 Å². The van der Waals surface area contributed by atoms with E-state index < -0.39 is 24.1 Å². The minimum absolute atomic E-state index is 0. The van der Waals surface area contributed by atoms with Gasteiger partial charge < -0.3 is 11.6 Å². The van der Waals surface area contributed by atoms with Gasteiger partial charge in [0.15, 0.2) is 0 Å². The van der Waals surface area contributed by atoms with E-state index >= 15 is 0 Å². The SMILES string of the molecule is O=C(O)CCC(=O)CC(=O)O.[H-].[K+]. The van der Waals surface area contributed by atoms with Crippen LogP contribution in [0.5, 0.6) is 0 Å². The molecule has 2 N–H and O–H groups in total. The van der Waals surface area contributed by atoms with E-state index in [1.54, 1.807) is 0 Å². The summed E-state index contributed by atoms with van der Waals surface area (Å²) in [6, 6.07) is 0. The van der Waals surface area contributed by atoms with Gasteiger partial charge in [0.1, 0.15) is 12.2 Å². The smallest absolute Gasteiger partial charge is 1.00 e. The number of aliphatic carboxylic acids is 2. The Morgan fingerprint density at radius 2 is 1.50 bits per heavy atom. The van der Waals surface area contributed by atoms with Gasteiger partial charge in [-0.05, 0) is 0 Å². The van der Waals surface area contributed by atoms with Crippen LogP contribution in [0.15, 0.2) is 0 Å². The average Bonchev–Trinajstić information content (AvgIpc) is 1.82. The van der Waals surface area contributed by atoms with Crippen molar-refractivity contribution in [3.05, 3.63) is 0 Å². The van der Waals surface area contributed by atoms with E-state index in [4.69, 9.17) is 10.2 Å². The molecule has 0 aliphatic carbocycles. The van der Waals surface area contributed by atoms with Crippen molar-refractivity contribution in [2.75, 3.05) is 0 Å². The Morgan fingerprint density at radius 3 is 1.83 bits per heavy atom. The molecule has 64 valence electrons. The molecule has 0 rings (SSSR count). The maximum Gasteiger partial charge on any atom is 1.00 e. The first-order valence-corrected chi connectivity index (χ1v) is 2.97. The molecular weight excluding hydrogens is 191 g/mol. The van der Waals surface area contributed by atoms with Crippen LogP contribution in [0.2, 0.25) is 0 Å². The summed E-state index contributed by atoms with van der Waals surface area (Å²) in [5, 5.41) is 16.2. The van der Waals surface area contributed by atoms with E-state index in [2.05, 4.69) is 0 Å². The minimum Gasteiger partial charge on any atom is -1.00 e. The van der Waals surface area contributed by atoms with Crippen LogP contribution in [0.25, 0.3) is 0 Å². The Balaban J connectivity index is -0.000000500. The number of Topliss-reactive ketones (excluding diaryl/α,β-unsaturated/α-hetero) is 1. The summed E-state index contributed by atoms with van der Waals surface area (Å²) in [6.07, 6.45) is -1.10. The summed E-state index contributed by atoms with van der Waals surface area (Å²) in [6.45, 7) is 0. The second-order valence-corrected chi connectivity index (χ2v) is 2.00. The predicted molar refractivity (Wildman–Crippen MR) is 35.2 cm³/mol. The number of ketones is 1. The fourth-order valence-corrected chi connectivity index (χ4v) is 0.503. The van der Waals surface area contributed by atoms with E-state index in [1.807, 2.05) is 0 Å². The molecule has 0 radical (unpaired) electrons. The van der Waals surface area contributed by atoms with Gasteiger partial charge in [-0.1, -0.05) is 0 Å².